The fraction of sp³-hybridized carbons (Fsp3) is 0.238. The predicted octanol–water partition coefficient (Wildman–Crippen LogP) is 4.24. The number of nitrogens with zero attached hydrogens (tertiary/aromatic N) is 2. The minimum atomic E-state index is -0.117. The molecule has 0 saturated heterocycles. The first-order valence-electron chi connectivity index (χ1n) is 8.62. The van der Waals surface area contributed by atoms with Crippen molar-refractivity contribution in [2.75, 3.05) is 0 Å². The number of nitrogens with one attached hydrogen (secondary N) is 1. The van der Waals surface area contributed by atoms with E-state index >= 15 is 0 Å². The highest BCUT2D eigenvalue weighted by atomic mass is 16.1. The molecule has 0 fully saturated rings. The van der Waals surface area contributed by atoms with Crippen LogP contribution in [0.4, 0.5) is 0 Å². The molecule has 3 aromatic rings. The topological polar surface area (TPSA) is 46.9 Å². The van der Waals surface area contributed by atoms with E-state index in [1.807, 2.05) is 79.2 Å². The number of amides is 1. The van der Waals surface area contributed by atoms with Gasteiger partial charge in [0.2, 0.25) is 5.91 Å². The second kappa shape index (κ2) is 7.79. The van der Waals surface area contributed by atoms with E-state index in [0.29, 0.717) is 0 Å². The summed E-state index contributed by atoms with van der Waals surface area (Å²) in [4.78, 5) is 16.7. The zero-order valence-corrected chi connectivity index (χ0v) is 14.6. The molecule has 0 saturated carbocycles. The van der Waals surface area contributed by atoms with Crippen molar-refractivity contribution in [3.63, 3.8) is 0 Å². The smallest absolute Gasteiger partial charge is 0.228 e. The minimum absolute atomic E-state index is 0.0397. The van der Waals surface area contributed by atoms with Crippen LogP contribution in [0.25, 0.3) is 5.69 Å². The Labute approximate surface area is 148 Å². The summed E-state index contributed by atoms with van der Waals surface area (Å²) < 4.78 is 1.95. The molecule has 4 nitrogen and oxygen atoms in total. The number of carbonyl (C=O) groups is 1. The van der Waals surface area contributed by atoms with Gasteiger partial charge in [0.15, 0.2) is 0 Å². The molecule has 0 aliphatic heterocycles. The van der Waals surface area contributed by atoms with Crippen LogP contribution in [0.5, 0.6) is 0 Å². The van der Waals surface area contributed by atoms with Gasteiger partial charge < -0.3 is 9.88 Å². The second-order valence-corrected chi connectivity index (χ2v) is 6.16. The molecule has 2 atom stereocenters. The van der Waals surface area contributed by atoms with Gasteiger partial charge in [-0.25, -0.2) is 4.98 Å². The van der Waals surface area contributed by atoms with Gasteiger partial charge in [0, 0.05) is 18.1 Å². The molecule has 0 bridgehead atoms. The second-order valence-electron chi connectivity index (χ2n) is 6.16. The van der Waals surface area contributed by atoms with Crippen LogP contribution < -0.4 is 5.32 Å². The number of rotatable bonds is 6. The minimum Gasteiger partial charge on any atom is -0.349 e. The van der Waals surface area contributed by atoms with Crippen molar-refractivity contribution in [2.24, 2.45) is 0 Å². The Morgan fingerprint density at radius 2 is 1.80 bits per heavy atom. The van der Waals surface area contributed by atoms with Crippen LogP contribution in [0.2, 0.25) is 0 Å². The standard InChI is InChI=1S/C21H23N3O/c1-3-20(18-7-5-4-6-8-18)21(25)23-16(2)17-9-11-19(12-10-17)24-14-13-22-15-24/h4-16,20H,3H2,1-2H3,(H,23,25)/t16-,20+/m1/s1. The molecular formula is C21H23N3O. The van der Waals surface area contributed by atoms with E-state index in [0.717, 1.165) is 23.2 Å². The largest absolute Gasteiger partial charge is 0.349 e. The SMILES string of the molecule is CC[C@H](C(=O)N[C@H](C)c1ccc(-n2ccnc2)cc1)c1ccccc1. The van der Waals surface area contributed by atoms with Crippen molar-refractivity contribution in [1.29, 1.82) is 0 Å². The molecule has 1 N–H and O–H groups in total. The van der Waals surface area contributed by atoms with E-state index in [1.165, 1.54) is 0 Å². The zero-order valence-electron chi connectivity index (χ0n) is 14.6. The van der Waals surface area contributed by atoms with Gasteiger partial charge in [-0.1, -0.05) is 49.4 Å². The summed E-state index contributed by atoms with van der Waals surface area (Å²) >= 11 is 0. The fourth-order valence-electron chi connectivity index (χ4n) is 3.00. The molecule has 1 aromatic heterocycles. The lowest BCUT2D eigenvalue weighted by atomic mass is 9.95. The fourth-order valence-corrected chi connectivity index (χ4v) is 3.00. The molecule has 0 aliphatic carbocycles. The van der Waals surface area contributed by atoms with Crippen molar-refractivity contribution in [3.05, 3.63) is 84.4 Å². The van der Waals surface area contributed by atoms with Crippen LogP contribution in [-0.2, 0) is 4.79 Å². The van der Waals surface area contributed by atoms with Gasteiger partial charge >= 0.3 is 0 Å². The van der Waals surface area contributed by atoms with Crippen molar-refractivity contribution in [1.82, 2.24) is 14.9 Å². The number of imidazole rings is 1. The Morgan fingerprint density at radius 3 is 2.40 bits per heavy atom. The van der Waals surface area contributed by atoms with Crippen LogP contribution in [0, 0.1) is 0 Å². The average molecular weight is 333 g/mol. The highest BCUT2D eigenvalue weighted by Crippen LogP contribution is 2.22. The highest BCUT2D eigenvalue weighted by molar-refractivity contribution is 5.83. The van der Waals surface area contributed by atoms with Gasteiger partial charge in [0.25, 0.3) is 0 Å². The Hall–Kier alpha value is -2.88. The molecule has 25 heavy (non-hydrogen) atoms. The predicted molar refractivity (Wildman–Crippen MR) is 99.6 cm³/mol. The monoisotopic (exact) mass is 333 g/mol. The first kappa shape index (κ1) is 17.0. The molecule has 4 heteroatoms. The van der Waals surface area contributed by atoms with Crippen molar-refractivity contribution < 1.29 is 4.79 Å². The van der Waals surface area contributed by atoms with Gasteiger partial charge in [-0.2, -0.15) is 0 Å². The quantitative estimate of drug-likeness (QED) is 0.733. The van der Waals surface area contributed by atoms with Gasteiger partial charge in [-0.3, -0.25) is 4.79 Å². The lowest BCUT2D eigenvalue weighted by Crippen LogP contribution is -2.31. The van der Waals surface area contributed by atoms with E-state index in [9.17, 15) is 4.79 Å². The molecule has 1 amide bonds. The Bertz CT molecular complexity index is 795. The average Bonchev–Trinajstić information content (AvgIpc) is 3.18. The number of carbonyl (C=O) groups excluding carboxylic acids is 1. The zero-order chi connectivity index (χ0) is 17.6. The molecule has 1 heterocycles. The summed E-state index contributed by atoms with van der Waals surface area (Å²) in [6.45, 7) is 4.06. The lowest BCUT2D eigenvalue weighted by Gasteiger charge is -2.20. The number of hydrogen-bond acceptors (Lipinski definition) is 2. The summed E-state index contributed by atoms with van der Waals surface area (Å²) in [6.07, 6.45) is 6.21. The first-order valence-corrected chi connectivity index (χ1v) is 8.62. The summed E-state index contributed by atoms with van der Waals surface area (Å²) in [5.74, 6) is -0.0474. The molecule has 128 valence electrons. The third kappa shape index (κ3) is 3.97. The van der Waals surface area contributed by atoms with Crippen molar-refractivity contribution in [2.45, 2.75) is 32.2 Å². The maximum atomic E-state index is 12.7. The summed E-state index contributed by atoms with van der Waals surface area (Å²) in [5.41, 5.74) is 3.20. The van der Waals surface area contributed by atoms with E-state index in [2.05, 4.69) is 10.3 Å². The molecular weight excluding hydrogens is 310 g/mol. The van der Waals surface area contributed by atoms with Crippen LogP contribution in [0.3, 0.4) is 0 Å². The van der Waals surface area contributed by atoms with Crippen molar-refractivity contribution >= 4 is 5.91 Å². The molecule has 0 unspecified atom stereocenters. The van der Waals surface area contributed by atoms with Crippen LogP contribution in [0.15, 0.2) is 73.3 Å². The Kier molecular flexibility index (Phi) is 5.29. The van der Waals surface area contributed by atoms with Gasteiger partial charge in [-0.15, -0.1) is 0 Å². The number of hydrogen-bond donors (Lipinski definition) is 1. The maximum Gasteiger partial charge on any atom is 0.228 e. The molecule has 0 aliphatic rings. The number of benzene rings is 2. The third-order valence-electron chi connectivity index (χ3n) is 4.48. The van der Waals surface area contributed by atoms with Gasteiger partial charge in [0.1, 0.15) is 0 Å². The van der Waals surface area contributed by atoms with Gasteiger partial charge in [0.05, 0.1) is 18.3 Å². The molecule has 2 aromatic carbocycles. The molecule has 0 spiro atoms. The maximum absolute atomic E-state index is 12.7. The third-order valence-corrected chi connectivity index (χ3v) is 4.48. The van der Waals surface area contributed by atoms with Crippen LogP contribution in [0.1, 0.15) is 43.4 Å². The Balaban J connectivity index is 1.68. The number of aromatic nitrogens is 2. The summed E-state index contributed by atoms with van der Waals surface area (Å²) in [5, 5.41) is 3.14. The first-order chi connectivity index (χ1) is 12.2. The van der Waals surface area contributed by atoms with E-state index in [4.69, 9.17) is 0 Å². The van der Waals surface area contributed by atoms with E-state index < -0.39 is 0 Å². The van der Waals surface area contributed by atoms with Crippen molar-refractivity contribution in [3.8, 4) is 5.69 Å². The summed E-state index contributed by atoms with van der Waals surface area (Å²) in [7, 11) is 0. The Morgan fingerprint density at radius 1 is 1.08 bits per heavy atom. The molecule has 3 rings (SSSR count). The summed E-state index contributed by atoms with van der Waals surface area (Å²) in [6, 6.07) is 18.1. The van der Waals surface area contributed by atoms with Gasteiger partial charge in [-0.05, 0) is 36.6 Å². The van der Waals surface area contributed by atoms with Crippen LogP contribution >= 0.6 is 0 Å². The normalized spacial score (nSPS) is 13.2. The highest BCUT2D eigenvalue weighted by Gasteiger charge is 2.20. The lowest BCUT2D eigenvalue weighted by molar-refractivity contribution is -0.123. The molecule has 0 radical (unpaired) electrons. The van der Waals surface area contributed by atoms with Crippen LogP contribution in [-0.4, -0.2) is 15.5 Å². The van der Waals surface area contributed by atoms with E-state index in [-0.39, 0.29) is 17.9 Å². The van der Waals surface area contributed by atoms with E-state index in [1.54, 1.807) is 12.5 Å².